The van der Waals surface area contributed by atoms with Crippen LogP contribution in [-0.2, 0) is 4.79 Å². The SMILES string of the molecule is O=C1CC(CCl)CN1c1nc(C2CC2)cs1. The van der Waals surface area contributed by atoms with Crippen LogP contribution in [0.3, 0.4) is 0 Å². The highest BCUT2D eigenvalue weighted by atomic mass is 35.5. The molecule has 0 spiro atoms. The fourth-order valence-corrected chi connectivity index (χ4v) is 3.18. The minimum atomic E-state index is 0.169. The van der Waals surface area contributed by atoms with E-state index in [-0.39, 0.29) is 5.91 Å². The normalized spacial score (nSPS) is 25.4. The summed E-state index contributed by atoms with van der Waals surface area (Å²) in [7, 11) is 0. The van der Waals surface area contributed by atoms with Crippen molar-refractivity contribution < 1.29 is 4.79 Å². The van der Waals surface area contributed by atoms with Crippen LogP contribution >= 0.6 is 22.9 Å². The molecule has 2 heterocycles. The molecule has 1 atom stereocenters. The van der Waals surface area contributed by atoms with Crippen LogP contribution in [0.1, 0.15) is 30.9 Å². The van der Waals surface area contributed by atoms with Crippen LogP contribution in [0.5, 0.6) is 0 Å². The molecule has 0 radical (unpaired) electrons. The number of carbonyl (C=O) groups is 1. The van der Waals surface area contributed by atoms with Gasteiger partial charge in [0, 0.05) is 30.1 Å². The van der Waals surface area contributed by atoms with Gasteiger partial charge in [0.2, 0.25) is 5.91 Å². The van der Waals surface area contributed by atoms with Gasteiger partial charge in [-0.1, -0.05) is 0 Å². The summed E-state index contributed by atoms with van der Waals surface area (Å²) in [5.74, 6) is 1.68. The number of halogens is 1. The first-order chi connectivity index (χ1) is 7.78. The van der Waals surface area contributed by atoms with Crippen molar-refractivity contribution in [3.63, 3.8) is 0 Å². The highest BCUT2D eigenvalue weighted by molar-refractivity contribution is 7.14. The van der Waals surface area contributed by atoms with Gasteiger partial charge in [0.1, 0.15) is 0 Å². The fraction of sp³-hybridized carbons (Fsp3) is 0.636. The van der Waals surface area contributed by atoms with Crippen molar-refractivity contribution in [3.05, 3.63) is 11.1 Å². The van der Waals surface area contributed by atoms with Crippen LogP contribution in [0.2, 0.25) is 0 Å². The molecule has 1 aliphatic carbocycles. The van der Waals surface area contributed by atoms with Gasteiger partial charge in [-0.3, -0.25) is 9.69 Å². The first kappa shape index (κ1) is 10.5. The lowest BCUT2D eigenvalue weighted by atomic mass is 10.2. The molecule has 1 unspecified atom stereocenters. The van der Waals surface area contributed by atoms with E-state index < -0.39 is 0 Å². The molecule has 1 amide bonds. The zero-order valence-corrected chi connectivity index (χ0v) is 10.4. The predicted octanol–water partition coefficient (Wildman–Crippen LogP) is 2.61. The van der Waals surface area contributed by atoms with Crippen LogP contribution in [-0.4, -0.2) is 23.3 Å². The summed E-state index contributed by atoms with van der Waals surface area (Å²) in [6.45, 7) is 0.736. The zero-order chi connectivity index (χ0) is 11.1. The van der Waals surface area contributed by atoms with E-state index >= 15 is 0 Å². The largest absolute Gasteiger partial charge is 0.288 e. The van der Waals surface area contributed by atoms with Crippen LogP contribution in [0.4, 0.5) is 5.13 Å². The lowest BCUT2D eigenvalue weighted by molar-refractivity contribution is -0.117. The van der Waals surface area contributed by atoms with Crippen molar-refractivity contribution in [3.8, 4) is 0 Å². The number of hydrogen-bond acceptors (Lipinski definition) is 3. The maximum atomic E-state index is 11.8. The molecule has 1 aromatic heterocycles. The van der Waals surface area contributed by atoms with E-state index in [9.17, 15) is 4.79 Å². The van der Waals surface area contributed by atoms with E-state index in [4.69, 9.17) is 11.6 Å². The highest BCUT2D eigenvalue weighted by Gasteiger charge is 2.33. The van der Waals surface area contributed by atoms with Gasteiger partial charge in [-0.05, 0) is 18.8 Å². The molecule has 0 bridgehead atoms. The summed E-state index contributed by atoms with van der Waals surface area (Å²) in [5.41, 5.74) is 1.17. The molecule has 1 saturated carbocycles. The molecule has 16 heavy (non-hydrogen) atoms. The molecule has 1 aliphatic heterocycles. The number of aromatic nitrogens is 1. The monoisotopic (exact) mass is 256 g/mol. The van der Waals surface area contributed by atoms with Gasteiger partial charge in [-0.15, -0.1) is 22.9 Å². The highest BCUT2D eigenvalue weighted by Crippen LogP contribution is 2.42. The summed E-state index contributed by atoms with van der Waals surface area (Å²) in [4.78, 5) is 18.1. The Labute approximate surface area is 103 Å². The Morgan fingerprint density at radius 1 is 1.56 bits per heavy atom. The van der Waals surface area contributed by atoms with E-state index in [0.29, 0.717) is 24.1 Å². The van der Waals surface area contributed by atoms with Crippen molar-refractivity contribution in [1.82, 2.24) is 4.98 Å². The van der Waals surface area contributed by atoms with Crippen molar-refractivity contribution in [2.75, 3.05) is 17.3 Å². The van der Waals surface area contributed by atoms with Crippen LogP contribution in [0.15, 0.2) is 5.38 Å². The summed E-state index contributed by atoms with van der Waals surface area (Å²) < 4.78 is 0. The van der Waals surface area contributed by atoms with Crippen molar-refractivity contribution >= 4 is 34.0 Å². The van der Waals surface area contributed by atoms with Gasteiger partial charge in [-0.25, -0.2) is 4.98 Å². The quantitative estimate of drug-likeness (QED) is 0.779. The van der Waals surface area contributed by atoms with E-state index in [2.05, 4.69) is 10.4 Å². The van der Waals surface area contributed by atoms with Gasteiger partial charge in [0.05, 0.1) is 5.69 Å². The lowest BCUT2D eigenvalue weighted by Crippen LogP contribution is -2.24. The molecule has 5 heteroatoms. The number of alkyl halides is 1. The molecule has 0 aromatic carbocycles. The second-order valence-electron chi connectivity index (χ2n) is 4.56. The molecule has 1 saturated heterocycles. The third-order valence-electron chi connectivity index (χ3n) is 3.16. The number of amides is 1. The van der Waals surface area contributed by atoms with Crippen molar-refractivity contribution in [2.24, 2.45) is 5.92 Å². The number of nitrogens with zero attached hydrogens (tertiary/aromatic N) is 2. The number of rotatable bonds is 3. The molecule has 2 fully saturated rings. The molecule has 3 nitrogen and oxygen atoms in total. The molecule has 3 rings (SSSR count). The molecule has 86 valence electrons. The van der Waals surface area contributed by atoms with Crippen LogP contribution in [0, 0.1) is 5.92 Å². The molecule has 1 aromatic rings. The van der Waals surface area contributed by atoms with Crippen molar-refractivity contribution in [2.45, 2.75) is 25.2 Å². The average molecular weight is 257 g/mol. The van der Waals surface area contributed by atoms with Gasteiger partial charge in [-0.2, -0.15) is 0 Å². The van der Waals surface area contributed by atoms with Crippen LogP contribution in [0.25, 0.3) is 0 Å². The van der Waals surface area contributed by atoms with Gasteiger partial charge in [0.25, 0.3) is 0 Å². The Balaban J connectivity index is 1.78. The minimum absolute atomic E-state index is 0.169. The van der Waals surface area contributed by atoms with Gasteiger partial charge in [0.15, 0.2) is 5.13 Å². The van der Waals surface area contributed by atoms with E-state index in [1.165, 1.54) is 18.5 Å². The van der Waals surface area contributed by atoms with Crippen LogP contribution < -0.4 is 4.90 Å². The third kappa shape index (κ3) is 1.84. The smallest absolute Gasteiger partial charge is 0.229 e. The molecule has 2 aliphatic rings. The summed E-state index contributed by atoms with van der Waals surface area (Å²) >= 11 is 7.38. The number of anilines is 1. The maximum Gasteiger partial charge on any atom is 0.229 e. The van der Waals surface area contributed by atoms with Crippen molar-refractivity contribution in [1.29, 1.82) is 0 Å². The Kier molecular flexibility index (Phi) is 2.64. The fourth-order valence-electron chi connectivity index (χ4n) is 2.04. The number of hydrogen-bond donors (Lipinski definition) is 0. The second-order valence-corrected chi connectivity index (χ2v) is 5.70. The average Bonchev–Trinajstić information content (AvgIpc) is 2.89. The number of carbonyl (C=O) groups excluding carboxylic acids is 1. The maximum absolute atomic E-state index is 11.8. The van der Waals surface area contributed by atoms with Gasteiger partial charge >= 0.3 is 0 Å². The third-order valence-corrected chi connectivity index (χ3v) is 4.48. The lowest BCUT2D eigenvalue weighted by Gasteiger charge is -2.11. The Hall–Kier alpha value is -0.610. The minimum Gasteiger partial charge on any atom is -0.288 e. The first-order valence-electron chi connectivity index (χ1n) is 5.59. The van der Waals surface area contributed by atoms with Gasteiger partial charge < -0.3 is 0 Å². The Morgan fingerprint density at radius 2 is 2.38 bits per heavy atom. The molecular weight excluding hydrogens is 244 g/mol. The summed E-state index contributed by atoms with van der Waals surface area (Å²) in [6.07, 6.45) is 3.07. The first-order valence-corrected chi connectivity index (χ1v) is 7.01. The van der Waals surface area contributed by atoms with E-state index in [1.807, 2.05) is 0 Å². The second kappa shape index (κ2) is 4.00. The molecule has 0 N–H and O–H groups in total. The standard InChI is InChI=1S/C11H13ClN2OS/c12-4-7-3-10(15)14(5-7)11-13-9(6-16-11)8-1-2-8/h6-8H,1-5H2. The van der Waals surface area contributed by atoms with E-state index in [1.54, 1.807) is 16.2 Å². The Morgan fingerprint density at radius 3 is 3.00 bits per heavy atom. The predicted molar refractivity (Wildman–Crippen MR) is 65.3 cm³/mol. The summed E-state index contributed by atoms with van der Waals surface area (Å²) in [5, 5.41) is 2.95. The topological polar surface area (TPSA) is 33.2 Å². The molecular formula is C11H13ClN2OS. The Bertz CT molecular complexity index is 416. The number of thiazole rings is 1. The zero-order valence-electron chi connectivity index (χ0n) is 8.86. The summed E-state index contributed by atoms with van der Waals surface area (Å²) in [6, 6.07) is 0. The van der Waals surface area contributed by atoms with E-state index in [0.717, 1.165) is 11.7 Å².